The maximum atomic E-state index is 12.3. The standard InChI is InChI=1S/C14H25F3N6.HI/c1-5-18-13(19-6-7-21(2)11-14(15,16)17)22(3)9-12-8-20-23(4)10-12;/h8,10H,5-7,9,11H2,1-4H3,(H,18,19);1H. The van der Waals surface area contributed by atoms with Crippen molar-refractivity contribution in [2.45, 2.75) is 19.6 Å². The van der Waals surface area contributed by atoms with Crippen LogP contribution in [0.5, 0.6) is 0 Å². The molecule has 10 heteroatoms. The van der Waals surface area contributed by atoms with E-state index >= 15 is 0 Å². The van der Waals surface area contributed by atoms with E-state index in [2.05, 4.69) is 15.4 Å². The molecule has 0 aliphatic rings. The summed E-state index contributed by atoms with van der Waals surface area (Å²) in [4.78, 5) is 7.52. The molecule has 6 nitrogen and oxygen atoms in total. The summed E-state index contributed by atoms with van der Waals surface area (Å²) in [7, 11) is 5.17. The Morgan fingerprint density at radius 3 is 2.54 bits per heavy atom. The number of guanidine groups is 1. The smallest absolute Gasteiger partial charge is 0.357 e. The average molecular weight is 462 g/mol. The molecule has 0 fully saturated rings. The Kier molecular flexibility index (Phi) is 10.3. The van der Waals surface area contributed by atoms with Gasteiger partial charge in [0.2, 0.25) is 0 Å². The van der Waals surface area contributed by atoms with Crippen molar-refractivity contribution in [3.8, 4) is 0 Å². The number of nitrogens with zero attached hydrogens (tertiary/aromatic N) is 5. The van der Waals surface area contributed by atoms with E-state index in [4.69, 9.17) is 0 Å². The van der Waals surface area contributed by atoms with Crippen LogP contribution in [-0.4, -0.2) is 72.0 Å². The van der Waals surface area contributed by atoms with Gasteiger partial charge < -0.3 is 10.2 Å². The summed E-state index contributed by atoms with van der Waals surface area (Å²) in [6.07, 6.45) is -0.492. The van der Waals surface area contributed by atoms with Gasteiger partial charge in [0.05, 0.1) is 19.3 Å². The van der Waals surface area contributed by atoms with E-state index < -0.39 is 12.7 Å². The number of halogens is 4. The highest BCUT2D eigenvalue weighted by Crippen LogP contribution is 2.15. The number of nitrogens with one attached hydrogen (secondary N) is 1. The summed E-state index contributed by atoms with van der Waals surface area (Å²) in [6, 6.07) is 0. The maximum Gasteiger partial charge on any atom is 0.401 e. The van der Waals surface area contributed by atoms with E-state index in [0.29, 0.717) is 25.6 Å². The van der Waals surface area contributed by atoms with Crippen LogP contribution in [-0.2, 0) is 13.6 Å². The predicted octanol–water partition coefficient (Wildman–Crippen LogP) is 1.93. The molecule has 0 atom stereocenters. The van der Waals surface area contributed by atoms with Crippen molar-refractivity contribution in [3.63, 3.8) is 0 Å². The van der Waals surface area contributed by atoms with Crippen LogP contribution in [0.2, 0.25) is 0 Å². The summed E-state index contributed by atoms with van der Waals surface area (Å²) < 4.78 is 38.6. The molecule has 0 unspecified atom stereocenters. The van der Waals surface area contributed by atoms with Gasteiger partial charge in [-0.05, 0) is 14.0 Å². The zero-order valence-electron chi connectivity index (χ0n) is 14.5. The lowest BCUT2D eigenvalue weighted by molar-refractivity contribution is -0.142. The minimum absolute atomic E-state index is 0. The van der Waals surface area contributed by atoms with Crippen LogP contribution >= 0.6 is 24.0 Å². The van der Waals surface area contributed by atoms with E-state index in [-0.39, 0.29) is 30.5 Å². The zero-order chi connectivity index (χ0) is 17.5. The summed E-state index contributed by atoms with van der Waals surface area (Å²) in [6.45, 7) is 2.88. The van der Waals surface area contributed by atoms with Gasteiger partial charge in [0.15, 0.2) is 5.96 Å². The monoisotopic (exact) mass is 462 g/mol. The minimum Gasteiger partial charge on any atom is -0.357 e. The Balaban J connectivity index is 0.00000529. The maximum absolute atomic E-state index is 12.3. The highest BCUT2D eigenvalue weighted by atomic mass is 127. The van der Waals surface area contributed by atoms with Crippen LogP contribution < -0.4 is 5.32 Å². The third-order valence-corrected chi connectivity index (χ3v) is 3.07. The van der Waals surface area contributed by atoms with E-state index in [9.17, 15) is 13.2 Å². The van der Waals surface area contributed by atoms with Crippen molar-refractivity contribution >= 4 is 29.9 Å². The number of alkyl halides is 3. The molecule has 0 aliphatic carbocycles. The van der Waals surface area contributed by atoms with Crippen LogP contribution in [0.4, 0.5) is 13.2 Å². The molecule has 0 saturated carbocycles. The second-order valence-electron chi connectivity index (χ2n) is 5.47. The lowest BCUT2D eigenvalue weighted by Crippen LogP contribution is -2.39. The molecule has 0 amide bonds. The molecule has 1 rings (SSSR count). The Labute approximate surface area is 158 Å². The first kappa shape index (κ1) is 23.0. The normalized spacial score (nSPS) is 12.2. The molecule has 0 saturated heterocycles. The van der Waals surface area contributed by atoms with Crippen LogP contribution in [0, 0.1) is 0 Å². The molecule has 0 spiro atoms. The van der Waals surface area contributed by atoms with Crippen LogP contribution in [0.1, 0.15) is 12.5 Å². The first-order chi connectivity index (χ1) is 10.7. The molecule has 0 radical (unpaired) electrons. The fraction of sp³-hybridized carbons (Fsp3) is 0.714. The van der Waals surface area contributed by atoms with Gasteiger partial charge in [-0.1, -0.05) is 0 Å². The molecule has 1 N–H and O–H groups in total. The molecule has 0 aliphatic heterocycles. The summed E-state index contributed by atoms with van der Waals surface area (Å²) in [5.41, 5.74) is 1.04. The van der Waals surface area contributed by atoms with Gasteiger partial charge in [-0.15, -0.1) is 24.0 Å². The SMILES string of the molecule is CCNC(=NCCN(C)CC(F)(F)F)N(C)Cc1cnn(C)c1.I. The highest BCUT2D eigenvalue weighted by Gasteiger charge is 2.28. The molecule has 0 bridgehead atoms. The van der Waals surface area contributed by atoms with Gasteiger partial charge in [0.1, 0.15) is 0 Å². The molecular weight excluding hydrogens is 436 g/mol. The lowest BCUT2D eigenvalue weighted by atomic mass is 10.3. The largest absolute Gasteiger partial charge is 0.401 e. The predicted molar refractivity (Wildman–Crippen MR) is 99.6 cm³/mol. The molecule has 1 aromatic rings. The molecule has 24 heavy (non-hydrogen) atoms. The zero-order valence-corrected chi connectivity index (χ0v) is 16.8. The average Bonchev–Trinajstić information content (AvgIpc) is 2.81. The number of rotatable bonds is 7. The van der Waals surface area contributed by atoms with Crippen LogP contribution in [0.15, 0.2) is 17.4 Å². The van der Waals surface area contributed by atoms with Crippen molar-refractivity contribution in [2.75, 3.05) is 40.3 Å². The molecule has 1 aromatic heterocycles. The quantitative estimate of drug-likeness (QED) is 0.383. The third-order valence-electron chi connectivity index (χ3n) is 3.07. The Hall–Kier alpha value is -1.04. The van der Waals surface area contributed by atoms with Crippen molar-refractivity contribution < 1.29 is 13.2 Å². The van der Waals surface area contributed by atoms with Gasteiger partial charge in [-0.25, -0.2) is 0 Å². The number of aromatic nitrogens is 2. The van der Waals surface area contributed by atoms with Crippen molar-refractivity contribution in [2.24, 2.45) is 12.0 Å². The van der Waals surface area contributed by atoms with Gasteiger partial charge in [0.25, 0.3) is 0 Å². The van der Waals surface area contributed by atoms with Gasteiger partial charge in [-0.3, -0.25) is 14.6 Å². The molecular formula is C14H26F3IN6. The number of likely N-dealkylation sites (N-methyl/N-ethyl adjacent to an activating group) is 1. The Morgan fingerprint density at radius 2 is 2.04 bits per heavy atom. The minimum atomic E-state index is -4.18. The molecule has 1 heterocycles. The van der Waals surface area contributed by atoms with E-state index in [1.807, 2.05) is 32.1 Å². The van der Waals surface area contributed by atoms with Crippen molar-refractivity contribution in [1.29, 1.82) is 0 Å². The Bertz CT molecular complexity index is 503. The first-order valence-corrected chi connectivity index (χ1v) is 7.43. The van der Waals surface area contributed by atoms with Crippen LogP contribution in [0.3, 0.4) is 0 Å². The summed E-state index contributed by atoms with van der Waals surface area (Å²) in [5.74, 6) is 0.664. The first-order valence-electron chi connectivity index (χ1n) is 7.43. The summed E-state index contributed by atoms with van der Waals surface area (Å²) >= 11 is 0. The van der Waals surface area contributed by atoms with E-state index in [1.165, 1.54) is 11.9 Å². The van der Waals surface area contributed by atoms with Crippen LogP contribution in [0.25, 0.3) is 0 Å². The fourth-order valence-electron chi connectivity index (χ4n) is 2.08. The summed E-state index contributed by atoms with van der Waals surface area (Å²) in [5, 5.41) is 7.25. The second kappa shape index (κ2) is 10.7. The lowest BCUT2D eigenvalue weighted by Gasteiger charge is -2.22. The Morgan fingerprint density at radius 1 is 1.38 bits per heavy atom. The topological polar surface area (TPSA) is 48.7 Å². The van der Waals surface area contributed by atoms with E-state index in [0.717, 1.165) is 5.56 Å². The molecule has 140 valence electrons. The highest BCUT2D eigenvalue weighted by molar-refractivity contribution is 14.0. The molecule has 0 aromatic carbocycles. The van der Waals surface area contributed by atoms with Crippen molar-refractivity contribution in [1.82, 2.24) is 24.9 Å². The van der Waals surface area contributed by atoms with Gasteiger partial charge >= 0.3 is 6.18 Å². The van der Waals surface area contributed by atoms with Gasteiger partial charge in [-0.2, -0.15) is 18.3 Å². The number of hydrogen-bond donors (Lipinski definition) is 1. The van der Waals surface area contributed by atoms with E-state index in [1.54, 1.807) is 10.9 Å². The van der Waals surface area contributed by atoms with Gasteiger partial charge in [0, 0.05) is 45.5 Å². The van der Waals surface area contributed by atoms with Crippen molar-refractivity contribution in [3.05, 3.63) is 18.0 Å². The third kappa shape index (κ3) is 9.30. The number of hydrogen-bond acceptors (Lipinski definition) is 3. The number of aryl methyl sites for hydroxylation is 1. The number of aliphatic imine (C=N–C) groups is 1. The fourth-order valence-corrected chi connectivity index (χ4v) is 2.08. The second-order valence-corrected chi connectivity index (χ2v) is 5.47.